The molecule has 1 heterocycles. The van der Waals surface area contributed by atoms with Crippen molar-refractivity contribution in [3.05, 3.63) is 0 Å². The van der Waals surface area contributed by atoms with Gasteiger partial charge >= 0.3 is 0 Å². The second-order valence-electron chi connectivity index (χ2n) is 6.72. The van der Waals surface area contributed by atoms with Crippen molar-refractivity contribution in [3.63, 3.8) is 0 Å². The molecule has 0 aromatic carbocycles. The van der Waals surface area contributed by atoms with Crippen LogP contribution in [0.3, 0.4) is 0 Å². The molecule has 16 heavy (non-hydrogen) atoms. The summed E-state index contributed by atoms with van der Waals surface area (Å²) in [5, 5.41) is 3.79. The van der Waals surface area contributed by atoms with Crippen LogP contribution in [0.15, 0.2) is 0 Å². The van der Waals surface area contributed by atoms with E-state index in [0.29, 0.717) is 17.1 Å². The molecule has 2 aliphatic rings. The molecule has 0 spiro atoms. The SMILES string of the molecule is CCC(C)(C)N1CC(C)(C2CC2)NCC1C. The summed E-state index contributed by atoms with van der Waals surface area (Å²) in [6, 6.07) is 0.668. The van der Waals surface area contributed by atoms with Gasteiger partial charge in [0.15, 0.2) is 0 Å². The van der Waals surface area contributed by atoms with Crippen molar-refractivity contribution in [2.24, 2.45) is 5.92 Å². The lowest BCUT2D eigenvalue weighted by Crippen LogP contribution is -2.67. The van der Waals surface area contributed by atoms with Crippen LogP contribution >= 0.6 is 0 Å². The van der Waals surface area contributed by atoms with Gasteiger partial charge in [-0.25, -0.2) is 0 Å². The minimum atomic E-state index is 0.345. The predicted molar refractivity (Wildman–Crippen MR) is 69.7 cm³/mol. The van der Waals surface area contributed by atoms with Crippen molar-refractivity contribution >= 4 is 0 Å². The molecule has 0 bridgehead atoms. The molecule has 2 heteroatoms. The Morgan fingerprint density at radius 1 is 1.38 bits per heavy atom. The third-order valence-corrected chi connectivity index (χ3v) is 4.95. The lowest BCUT2D eigenvalue weighted by molar-refractivity contribution is 0.00294. The van der Waals surface area contributed by atoms with Crippen LogP contribution in [0.25, 0.3) is 0 Å². The summed E-state index contributed by atoms with van der Waals surface area (Å²) in [4.78, 5) is 2.72. The third-order valence-electron chi connectivity index (χ3n) is 4.95. The first-order chi connectivity index (χ1) is 7.39. The van der Waals surface area contributed by atoms with Gasteiger partial charge in [-0.3, -0.25) is 4.90 Å². The molecule has 1 aliphatic carbocycles. The van der Waals surface area contributed by atoms with Crippen molar-refractivity contribution in [3.8, 4) is 0 Å². The maximum atomic E-state index is 3.79. The highest BCUT2D eigenvalue weighted by Gasteiger charge is 2.47. The Bertz CT molecular complexity index is 257. The number of hydrogen-bond acceptors (Lipinski definition) is 2. The molecule has 2 unspecified atom stereocenters. The van der Waals surface area contributed by atoms with E-state index < -0.39 is 0 Å². The Morgan fingerprint density at radius 3 is 2.50 bits per heavy atom. The van der Waals surface area contributed by atoms with E-state index in [-0.39, 0.29) is 0 Å². The summed E-state index contributed by atoms with van der Waals surface area (Å²) in [5.74, 6) is 0.926. The zero-order chi connectivity index (χ0) is 12.0. The molecular formula is C14H28N2. The number of rotatable bonds is 3. The van der Waals surface area contributed by atoms with Crippen LogP contribution in [0.5, 0.6) is 0 Å². The monoisotopic (exact) mass is 224 g/mol. The average molecular weight is 224 g/mol. The summed E-state index contributed by atoms with van der Waals surface area (Å²) in [6.07, 6.45) is 4.09. The normalized spacial score (nSPS) is 37.7. The van der Waals surface area contributed by atoms with Gasteiger partial charge in [0, 0.05) is 30.2 Å². The van der Waals surface area contributed by atoms with Gasteiger partial charge in [-0.15, -0.1) is 0 Å². The van der Waals surface area contributed by atoms with E-state index in [1.165, 1.54) is 25.8 Å². The van der Waals surface area contributed by atoms with E-state index in [0.717, 1.165) is 12.5 Å². The van der Waals surface area contributed by atoms with Crippen LogP contribution < -0.4 is 5.32 Å². The van der Waals surface area contributed by atoms with Gasteiger partial charge in [-0.2, -0.15) is 0 Å². The predicted octanol–water partition coefficient (Wildman–Crippen LogP) is 2.64. The van der Waals surface area contributed by atoms with E-state index in [1.807, 2.05) is 0 Å². The maximum absolute atomic E-state index is 3.79. The third kappa shape index (κ3) is 2.14. The Balaban J connectivity index is 2.11. The fourth-order valence-corrected chi connectivity index (χ4v) is 3.06. The number of nitrogens with zero attached hydrogens (tertiary/aromatic N) is 1. The molecule has 0 amide bonds. The molecule has 94 valence electrons. The van der Waals surface area contributed by atoms with Crippen LogP contribution in [-0.2, 0) is 0 Å². The molecule has 0 aromatic rings. The van der Waals surface area contributed by atoms with Crippen LogP contribution in [-0.4, -0.2) is 35.1 Å². The van der Waals surface area contributed by atoms with Gasteiger partial charge in [0.25, 0.3) is 0 Å². The molecule has 2 nitrogen and oxygen atoms in total. The Morgan fingerprint density at radius 2 is 2.00 bits per heavy atom. The molecule has 2 atom stereocenters. The Hall–Kier alpha value is -0.0800. The standard InChI is InChI=1S/C14H28N2/c1-6-13(3,4)16-10-14(5,12-7-8-12)15-9-11(16)2/h11-12,15H,6-10H2,1-5H3. The first-order valence-electron chi connectivity index (χ1n) is 6.91. The maximum Gasteiger partial charge on any atom is 0.0309 e. The van der Waals surface area contributed by atoms with Crippen molar-refractivity contribution in [1.29, 1.82) is 0 Å². The molecule has 2 fully saturated rings. The topological polar surface area (TPSA) is 15.3 Å². The first-order valence-corrected chi connectivity index (χ1v) is 6.91. The Labute approximate surface area is 101 Å². The molecule has 1 saturated carbocycles. The Kier molecular flexibility index (Phi) is 3.09. The van der Waals surface area contributed by atoms with Crippen LogP contribution in [0, 0.1) is 5.92 Å². The van der Waals surface area contributed by atoms with Crippen LogP contribution in [0.2, 0.25) is 0 Å². The molecule has 0 radical (unpaired) electrons. The summed E-state index contributed by atoms with van der Waals surface area (Å²) in [5.41, 5.74) is 0.719. The lowest BCUT2D eigenvalue weighted by Gasteiger charge is -2.52. The lowest BCUT2D eigenvalue weighted by atomic mass is 9.86. The second kappa shape index (κ2) is 3.99. The van der Waals surface area contributed by atoms with Crippen LogP contribution in [0.1, 0.15) is 53.9 Å². The van der Waals surface area contributed by atoms with E-state index in [4.69, 9.17) is 0 Å². The molecule has 2 rings (SSSR count). The van der Waals surface area contributed by atoms with E-state index in [9.17, 15) is 0 Å². The van der Waals surface area contributed by atoms with Crippen molar-refractivity contribution in [2.45, 2.75) is 71.0 Å². The highest BCUT2D eigenvalue weighted by molar-refractivity contribution is 5.05. The molecule has 1 saturated heterocycles. The van der Waals surface area contributed by atoms with E-state index in [2.05, 4.69) is 44.8 Å². The zero-order valence-electron chi connectivity index (χ0n) is 11.6. The molecule has 1 aliphatic heterocycles. The van der Waals surface area contributed by atoms with Gasteiger partial charge in [0.2, 0.25) is 0 Å². The molecule has 1 N–H and O–H groups in total. The first kappa shape index (κ1) is 12.4. The molecule has 0 aromatic heterocycles. The fourth-order valence-electron chi connectivity index (χ4n) is 3.06. The number of nitrogens with one attached hydrogen (secondary N) is 1. The summed E-state index contributed by atoms with van der Waals surface area (Å²) < 4.78 is 0. The van der Waals surface area contributed by atoms with Crippen LogP contribution in [0.4, 0.5) is 0 Å². The largest absolute Gasteiger partial charge is 0.308 e. The zero-order valence-corrected chi connectivity index (χ0v) is 11.6. The van der Waals surface area contributed by atoms with Gasteiger partial charge in [0.1, 0.15) is 0 Å². The van der Waals surface area contributed by atoms with E-state index >= 15 is 0 Å². The van der Waals surface area contributed by atoms with Crippen molar-refractivity contribution in [1.82, 2.24) is 10.2 Å². The minimum absolute atomic E-state index is 0.345. The fraction of sp³-hybridized carbons (Fsp3) is 1.00. The van der Waals surface area contributed by atoms with Crippen molar-refractivity contribution < 1.29 is 0 Å². The quantitative estimate of drug-likeness (QED) is 0.793. The highest BCUT2D eigenvalue weighted by atomic mass is 15.3. The summed E-state index contributed by atoms with van der Waals surface area (Å²) in [7, 11) is 0. The summed E-state index contributed by atoms with van der Waals surface area (Å²) in [6.45, 7) is 14.2. The second-order valence-corrected chi connectivity index (χ2v) is 6.72. The summed E-state index contributed by atoms with van der Waals surface area (Å²) >= 11 is 0. The van der Waals surface area contributed by atoms with E-state index in [1.54, 1.807) is 0 Å². The molecular weight excluding hydrogens is 196 g/mol. The smallest absolute Gasteiger partial charge is 0.0309 e. The number of piperazine rings is 1. The highest BCUT2D eigenvalue weighted by Crippen LogP contribution is 2.42. The minimum Gasteiger partial charge on any atom is -0.308 e. The number of hydrogen-bond donors (Lipinski definition) is 1. The van der Waals surface area contributed by atoms with Gasteiger partial charge < -0.3 is 5.32 Å². The van der Waals surface area contributed by atoms with Gasteiger partial charge in [0.05, 0.1) is 0 Å². The van der Waals surface area contributed by atoms with Gasteiger partial charge in [-0.1, -0.05) is 6.92 Å². The van der Waals surface area contributed by atoms with Crippen molar-refractivity contribution in [2.75, 3.05) is 13.1 Å². The van der Waals surface area contributed by atoms with Gasteiger partial charge in [-0.05, 0) is 52.9 Å². The average Bonchev–Trinajstić information content (AvgIpc) is 3.05.